The Balaban J connectivity index is 1.75. The lowest BCUT2D eigenvalue weighted by Gasteiger charge is -2.19. The fourth-order valence-corrected chi connectivity index (χ4v) is 3.01. The number of ether oxygens (including phenoxy) is 1. The summed E-state index contributed by atoms with van der Waals surface area (Å²) in [4.78, 5) is 12.3. The number of carbonyl (C=O) groups is 1. The number of hydrogen-bond donors (Lipinski definition) is 1. The van der Waals surface area contributed by atoms with Crippen molar-refractivity contribution < 1.29 is 13.9 Å². The molecule has 0 radical (unpaired) electrons. The number of aryl methyl sites for hydroxylation is 1. The summed E-state index contributed by atoms with van der Waals surface area (Å²) in [6.45, 7) is 6.64. The summed E-state index contributed by atoms with van der Waals surface area (Å²) in [5.74, 6) is 3.34. The molecule has 0 fully saturated rings. The van der Waals surface area contributed by atoms with Crippen LogP contribution in [0.2, 0.25) is 0 Å². The largest absolute Gasteiger partial charge is 0.480 e. The van der Waals surface area contributed by atoms with Crippen LogP contribution in [0.4, 0.5) is 0 Å². The van der Waals surface area contributed by atoms with E-state index in [0.717, 1.165) is 34.1 Å². The van der Waals surface area contributed by atoms with E-state index in [2.05, 4.69) is 5.32 Å². The second-order valence-corrected chi connectivity index (χ2v) is 6.74. The van der Waals surface area contributed by atoms with Crippen molar-refractivity contribution in [1.29, 1.82) is 0 Å². The lowest BCUT2D eigenvalue weighted by molar-refractivity contribution is -0.128. The quantitative estimate of drug-likeness (QED) is 0.694. The molecule has 1 amide bonds. The van der Waals surface area contributed by atoms with Crippen molar-refractivity contribution in [3.05, 3.63) is 53.5 Å². The van der Waals surface area contributed by atoms with E-state index < -0.39 is 6.10 Å². The van der Waals surface area contributed by atoms with Crippen LogP contribution in [0, 0.1) is 13.8 Å². The Morgan fingerprint density at radius 2 is 2.12 bits per heavy atom. The molecule has 0 bridgehead atoms. The van der Waals surface area contributed by atoms with Crippen molar-refractivity contribution in [3.8, 4) is 5.75 Å². The van der Waals surface area contributed by atoms with Crippen LogP contribution in [-0.4, -0.2) is 24.3 Å². The van der Waals surface area contributed by atoms with Crippen molar-refractivity contribution in [2.45, 2.75) is 39.0 Å². The highest BCUT2D eigenvalue weighted by Crippen LogP contribution is 2.22. The highest BCUT2D eigenvalue weighted by atomic mass is 32.2. The smallest absolute Gasteiger partial charge is 0.261 e. The molecule has 2 aromatic rings. The zero-order chi connectivity index (χ0) is 17.4. The van der Waals surface area contributed by atoms with Gasteiger partial charge in [-0.2, -0.15) is 11.8 Å². The molecule has 0 saturated heterocycles. The first-order valence-corrected chi connectivity index (χ1v) is 9.38. The van der Waals surface area contributed by atoms with E-state index in [4.69, 9.17) is 9.15 Å². The average molecular weight is 347 g/mol. The van der Waals surface area contributed by atoms with Crippen molar-refractivity contribution in [2.75, 3.05) is 12.3 Å². The molecule has 0 spiro atoms. The van der Waals surface area contributed by atoms with Crippen LogP contribution in [0.1, 0.15) is 30.2 Å². The predicted octanol–water partition coefficient (Wildman–Crippen LogP) is 4.10. The van der Waals surface area contributed by atoms with Gasteiger partial charge in [0.2, 0.25) is 0 Å². The number of carbonyl (C=O) groups excluding carboxylic acids is 1. The average Bonchev–Trinajstić information content (AvgIpc) is 3.09. The molecule has 2 rings (SSSR count). The first-order valence-electron chi connectivity index (χ1n) is 8.22. The normalized spacial score (nSPS) is 12.0. The summed E-state index contributed by atoms with van der Waals surface area (Å²) in [5, 5.41) is 2.95. The van der Waals surface area contributed by atoms with Crippen LogP contribution in [0.5, 0.6) is 5.75 Å². The van der Waals surface area contributed by atoms with Crippen LogP contribution < -0.4 is 10.1 Å². The number of amides is 1. The number of hydrogen-bond acceptors (Lipinski definition) is 4. The van der Waals surface area contributed by atoms with Crippen molar-refractivity contribution >= 4 is 17.7 Å². The number of thioether (sulfide) groups is 1. The Bertz CT molecular complexity index is 640. The van der Waals surface area contributed by atoms with Gasteiger partial charge in [0, 0.05) is 12.3 Å². The summed E-state index contributed by atoms with van der Waals surface area (Å²) in [7, 11) is 0. The first-order chi connectivity index (χ1) is 11.6. The fraction of sp³-hybridized carbons (Fsp3) is 0.421. The lowest BCUT2D eigenvalue weighted by Crippen LogP contribution is -2.39. The van der Waals surface area contributed by atoms with E-state index in [0.29, 0.717) is 13.0 Å². The number of nitrogens with one attached hydrogen (secondary N) is 1. The maximum atomic E-state index is 12.3. The highest BCUT2D eigenvalue weighted by Gasteiger charge is 2.18. The molecule has 24 heavy (non-hydrogen) atoms. The van der Waals surface area contributed by atoms with E-state index in [1.807, 2.05) is 51.1 Å². The third kappa shape index (κ3) is 5.34. The molecule has 4 nitrogen and oxygen atoms in total. The van der Waals surface area contributed by atoms with Gasteiger partial charge in [-0.3, -0.25) is 4.79 Å². The molecule has 1 heterocycles. The van der Waals surface area contributed by atoms with E-state index in [-0.39, 0.29) is 5.91 Å². The van der Waals surface area contributed by atoms with Gasteiger partial charge in [0.1, 0.15) is 11.5 Å². The van der Waals surface area contributed by atoms with E-state index in [1.165, 1.54) is 0 Å². The van der Waals surface area contributed by atoms with Crippen LogP contribution >= 0.6 is 11.8 Å². The Kier molecular flexibility index (Phi) is 7.25. The van der Waals surface area contributed by atoms with Crippen molar-refractivity contribution in [3.63, 3.8) is 0 Å². The van der Waals surface area contributed by atoms with E-state index in [9.17, 15) is 4.79 Å². The van der Waals surface area contributed by atoms with E-state index in [1.54, 1.807) is 18.0 Å². The monoisotopic (exact) mass is 347 g/mol. The Labute approximate surface area is 148 Å². The molecule has 0 saturated carbocycles. The zero-order valence-electron chi connectivity index (χ0n) is 14.5. The first kappa shape index (κ1) is 18.5. The van der Waals surface area contributed by atoms with Gasteiger partial charge < -0.3 is 14.5 Å². The predicted molar refractivity (Wildman–Crippen MR) is 98.5 cm³/mol. The molecule has 0 unspecified atom stereocenters. The zero-order valence-corrected chi connectivity index (χ0v) is 15.3. The van der Waals surface area contributed by atoms with Gasteiger partial charge in [-0.1, -0.05) is 19.1 Å². The van der Waals surface area contributed by atoms with Crippen LogP contribution in [0.3, 0.4) is 0 Å². The Hall–Kier alpha value is -1.88. The number of rotatable bonds is 9. The van der Waals surface area contributed by atoms with Gasteiger partial charge in [-0.05, 0) is 49.6 Å². The number of benzene rings is 1. The fourth-order valence-electron chi connectivity index (χ4n) is 2.26. The molecule has 1 atom stereocenters. The van der Waals surface area contributed by atoms with Gasteiger partial charge in [-0.25, -0.2) is 0 Å². The minimum atomic E-state index is -0.458. The number of furan rings is 1. The second-order valence-electron chi connectivity index (χ2n) is 5.64. The van der Waals surface area contributed by atoms with Gasteiger partial charge in [0.05, 0.1) is 12.0 Å². The Morgan fingerprint density at radius 3 is 2.83 bits per heavy atom. The van der Waals surface area contributed by atoms with E-state index >= 15 is 0 Å². The molecule has 0 aliphatic heterocycles. The van der Waals surface area contributed by atoms with Crippen LogP contribution in [0.25, 0.3) is 0 Å². The molecule has 1 aromatic carbocycles. The molecular weight excluding hydrogens is 322 g/mol. The van der Waals surface area contributed by atoms with Crippen molar-refractivity contribution in [1.82, 2.24) is 5.32 Å². The summed E-state index contributed by atoms with van der Waals surface area (Å²) in [6.07, 6.45) is 1.85. The minimum Gasteiger partial charge on any atom is -0.480 e. The minimum absolute atomic E-state index is 0.0583. The molecule has 1 aromatic heterocycles. The SMILES string of the molecule is CC[C@H](Oc1cccc(C)c1C)C(=O)NCCSCc1ccco1. The van der Waals surface area contributed by atoms with Gasteiger partial charge >= 0.3 is 0 Å². The van der Waals surface area contributed by atoms with Crippen molar-refractivity contribution in [2.24, 2.45) is 0 Å². The maximum Gasteiger partial charge on any atom is 0.261 e. The molecular formula is C19H25NO3S. The summed E-state index contributed by atoms with van der Waals surface area (Å²) in [5.41, 5.74) is 2.25. The van der Waals surface area contributed by atoms with Crippen LogP contribution in [-0.2, 0) is 10.5 Å². The van der Waals surface area contributed by atoms with Gasteiger partial charge in [-0.15, -0.1) is 0 Å². The van der Waals surface area contributed by atoms with Gasteiger partial charge in [0.25, 0.3) is 5.91 Å². The summed E-state index contributed by atoms with van der Waals surface area (Å²) < 4.78 is 11.2. The molecule has 130 valence electrons. The molecule has 5 heteroatoms. The third-order valence-electron chi connectivity index (χ3n) is 3.86. The summed E-state index contributed by atoms with van der Waals surface area (Å²) >= 11 is 1.73. The Morgan fingerprint density at radius 1 is 1.29 bits per heavy atom. The standard InChI is InChI=1S/C19H25NO3S/c1-4-17(23-18-9-5-7-14(2)15(18)3)19(21)20-10-12-24-13-16-8-6-11-22-16/h5-9,11,17H,4,10,12-13H2,1-3H3,(H,20,21)/t17-/m0/s1. The van der Waals surface area contributed by atoms with Gasteiger partial charge in [0.15, 0.2) is 6.10 Å². The molecule has 0 aliphatic rings. The third-order valence-corrected chi connectivity index (χ3v) is 4.84. The second kappa shape index (κ2) is 9.42. The topological polar surface area (TPSA) is 51.5 Å². The summed E-state index contributed by atoms with van der Waals surface area (Å²) in [6, 6.07) is 9.75. The molecule has 1 N–H and O–H groups in total. The lowest BCUT2D eigenvalue weighted by atomic mass is 10.1. The maximum absolute atomic E-state index is 12.3. The van der Waals surface area contributed by atoms with Crippen LogP contribution in [0.15, 0.2) is 41.0 Å². The molecule has 0 aliphatic carbocycles. The highest BCUT2D eigenvalue weighted by molar-refractivity contribution is 7.98.